The Kier molecular flexibility index (Phi) is 3.06. The summed E-state index contributed by atoms with van der Waals surface area (Å²) in [4.78, 5) is 4.22. The molecule has 2 rings (SSSR count). The van der Waals surface area contributed by atoms with Crippen molar-refractivity contribution in [2.75, 3.05) is 0 Å². The van der Waals surface area contributed by atoms with Gasteiger partial charge in [-0.05, 0) is 49.8 Å². The topological polar surface area (TPSA) is 24.9 Å². The van der Waals surface area contributed by atoms with Gasteiger partial charge >= 0.3 is 0 Å². The Balaban J connectivity index is 2.05. The quantitative estimate of drug-likeness (QED) is 0.815. The van der Waals surface area contributed by atoms with Gasteiger partial charge in [-0.25, -0.2) is 0 Å². The molecule has 2 heteroatoms. The fraction of sp³-hybridized carbons (Fsp3) is 0.615. The molecule has 0 aromatic carbocycles. The molecule has 1 aromatic heterocycles. The number of hydrogen-bond donors (Lipinski definition) is 1. The van der Waals surface area contributed by atoms with Crippen LogP contribution in [0.3, 0.4) is 0 Å². The molecule has 0 amide bonds. The number of aromatic nitrogens is 1. The zero-order valence-corrected chi connectivity index (χ0v) is 9.83. The highest BCUT2D eigenvalue weighted by Crippen LogP contribution is 2.25. The SMILES string of the molecule is Cc1ccncc1C(C)C(C)NC1CC1. The molecule has 1 saturated carbocycles. The summed E-state index contributed by atoms with van der Waals surface area (Å²) in [6, 6.07) is 3.41. The van der Waals surface area contributed by atoms with E-state index in [0.29, 0.717) is 12.0 Å². The van der Waals surface area contributed by atoms with Gasteiger partial charge in [0, 0.05) is 24.5 Å². The Morgan fingerprint density at radius 1 is 1.40 bits per heavy atom. The maximum absolute atomic E-state index is 4.22. The van der Waals surface area contributed by atoms with E-state index in [-0.39, 0.29) is 0 Å². The monoisotopic (exact) mass is 204 g/mol. The van der Waals surface area contributed by atoms with E-state index in [4.69, 9.17) is 0 Å². The van der Waals surface area contributed by atoms with E-state index in [1.54, 1.807) is 0 Å². The molecule has 0 spiro atoms. The molecule has 2 unspecified atom stereocenters. The predicted molar refractivity (Wildman–Crippen MR) is 63.0 cm³/mol. The van der Waals surface area contributed by atoms with Gasteiger partial charge in [-0.1, -0.05) is 6.92 Å². The number of hydrogen-bond acceptors (Lipinski definition) is 2. The lowest BCUT2D eigenvalue weighted by atomic mass is 9.92. The highest BCUT2D eigenvalue weighted by atomic mass is 15.0. The van der Waals surface area contributed by atoms with Crippen molar-refractivity contribution in [3.8, 4) is 0 Å². The maximum Gasteiger partial charge on any atom is 0.0305 e. The van der Waals surface area contributed by atoms with Gasteiger partial charge in [0.15, 0.2) is 0 Å². The van der Waals surface area contributed by atoms with Crippen LogP contribution in [0.15, 0.2) is 18.5 Å². The van der Waals surface area contributed by atoms with Crippen LogP contribution in [0.25, 0.3) is 0 Å². The minimum absolute atomic E-state index is 0.541. The van der Waals surface area contributed by atoms with E-state index < -0.39 is 0 Å². The van der Waals surface area contributed by atoms with Crippen LogP contribution in [0.1, 0.15) is 43.7 Å². The summed E-state index contributed by atoms with van der Waals surface area (Å²) in [6.45, 7) is 6.72. The summed E-state index contributed by atoms with van der Waals surface area (Å²) in [5.41, 5.74) is 2.72. The van der Waals surface area contributed by atoms with Crippen molar-refractivity contribution in [2.45, 2.75) is 51.6 Å². The summed E-state index contributed by atoms with van der Waals surface area (Å²) in [5, 5.41) is 3.65. The fourth-order valence-corrected chi connectivity index (χ4v) is 1.99. The molecule has 2 nitrogen and oxygen atoms in total. The Morgan fingerprint density at radius 3 is 2.73 bits per heavy atom. The first-order chi connectivity index (χ1) is 7.18. The summed E-state index contributed by atoms with van der Waals surface area (Å²) in [6.07, 6.45) is 6.57. The lowest BCUT2D eigenvalue weighted by molar-refractivity contribution is 0.476. The highest BCUT2D eigenvalue weighted by molar-refractivity contribution is 5.26. The van der Waals surface area contributed by atoms with E-state index in [9.17, 15) is 0 Å². The Morgan fingerprint density at radius 2 is 2.13 bits per heavy atom. The molecule has 15 heavy (non-hydrogen) atoms. The van der Waals surface area contributed by atoms with Crippen molar-refractivity contribution in [1.29, 1.82) is 0 Å². The molecule has 1 N–H and O–H groups in total. The summed E-state index contributed by atoms with van der Waals surface area (Å²) in [7, 11) is 0. The molecule has 1 heterocycles. The van der Waals surface area contributed by atoms with Crippen molar-refractivity contribution in [3.05, 3.63) is 29.6 Å². The first-order valence-electron chi connectivity index (χ1n) is 5.85. The van der Waals surface area contributed by atoms with Gasteiger partial charge < -0.3 is 5.32 Å². The second-order valence-corrected chi connectivity index (χ2v) is 4.75. The van der Waals surface area contributed by atoms with Crippen molar-refractivity contribution >= 4 is 0 Å². The average molecular weight is 204 g/mol. The number of rotatable bonds is 4. The van der Waals surface area contributed by atoms with E-state index in [1.165, 1.54) is 24.0 Å². The molecule has 0 bridgehead atoms. The van der Waals surface area contributed by atoms with Gasteiger partial charge in [0.05, 0.1) is 0 Å². The highest BCUT2D eigenvalue weighted by Gasteiger charge is 2.25. The largest absolute Gasteiger partial charge is 0.311 e. The predicted octanol–water partition coefficient (Wildman–Crippen LogP) is 2.63. The molecule has 1 fully saturated rings. The van der Waals surface area contributed by atoms with Gasteiger partial charge in [0.2, 0.25) is 0 Å². The number of nitrogens with one attached hydrogen (secondary N) is 1. The molecule has 0 aliphatic heterocycles. The van der Waals surface area contributed by atoms with Crippen LogP contribution in [0, 0.1) is 6.92 Å². The minimum atomic E-state index is 0.541. The zero-order valence-electron chi connectivity index (χ0n) is 9.83. The van der Waals surface area contributed by atoms with Gasteiger partial charge in [-0.2, -0.15) is 0 Å². The fourth-order valence-electron chi connectivity index (χ4n) is 1.99. The third-order valence-electron chi connectivity index (χ3n) is 3.40. The summed E-state index contributed by atoms with van der Waals surface area (Å²) >= 11 is 0. The Bertz CT molecular complexity index is 331. The van der Waals surface area contributed by atoms with E-state index >= 15 is 0 Å². The van der Waals surface area contributed by atoms with E-state index in [2.05, 4.69) is 37.1 Å². The van der Waals surface area contributed by atoms with Gasteiger partial charge in [-0.3, -0.25) is 4.98 Å². The van der Waals surface area contributed by atoms with Crippen LogP contribution >= 0.6 is 0 Å². The van der Waals surface area contributed by atoms with Crippen LogP contribution < -0.4 is 5.32 Å². The summed E-state index contributed by atoms with van der Waals surface area (Å²) in [5.74, 6) is 0.541. The molecular formula is C13H20N2. The van der Waals surface area contributed by atoms with Crippen LogP contribution in [0.2, 0.25) is 0 Å². The van der Waals surface area contributed by atoms with Crippen molar-refractivity contribution in [3.63, 3.8) is 0 Å². The van der Waals surface area contributed by atoms with Crippen molar-refractivity contribution in [2.24, 2.45) is 0 Å². The second kappa shape index (κ2) is 4.31. The molecule has 0 saturated heterocycles. The Labute approximate surface area is 92.1 Å². The van der Waals surface area contributed by atoms with Crippen LogP contribution in [-0.2, 0) is 0 Å². The molecule has 1 aromatic rings. The van der Waals surface area contributed by atoms with Crippen LogP contribution in [0.4, 0.5) is 0 Å². The van der Waals surface area contributed by atoms with Crippen molar-refractivity contribution < 1.29 is 0 Å². The van der Waals surface area contributed by atoms with Crippen LogP contribution in [0.5, 0.6) is 0 Å². The zero-order chi connectivity index (χ0) is 10.8. The second-order valence-electron chi connectivity index (χ2n) is 4.75. The maximum atomic E-state index is 4.22. The third kappa shape index (κ3) is 2.57. The first kappa shape index (κ1) is 10.6. The molecule has 2 atom stereocenters. The van der Waals surface area contributed by atoms with Gasteiger partial charge in [-0.15, -0.1) is 0 Å². The molecule has 1 aliphatic carbocycles. The standard InChI is InChI=1S/C13H20N2/c1-9-6-7-14-8-13(9)10(2)11(3)15-12-4-5-12/h6-8,10-12,15H,4-5H2,1-3H3. The van der Waals surface area contributed by atoms with Crippen molar-refractivity contribution in [1.82, 2.24) is 10.3 Å². The molecule has 1 aliphatic rings. The average Bonchev–Trinajstić information content (AvgIpc) is 3.01. The van der Waals surface area contributed by atoms with E-state index in [0.717, 1.165) is 6.04 Å². The molecule has 82 valence electrons. The molecule has 0 radical (unpaired) electrons. The lowest BCUT2D eigenvalue weighted by Crippen LogP contribution is -2.32. The minimum Gasteiger partial charge on any atom is -0.311 e. The van der Waals surface area contributed by atoms with E-state index in [1.807, 2.05) is 12.4 Å². The number of pyridine rings is 1. The smallest absolute Gasteiger partial charge is 0.0305 e. The molecular weight excluding hydrogens is 184 g/mol. The van der Waals surface area contributed by atoms with Crippen LogP contribution in [-0.4, -0.2) is 17.1 Å². The lowest BCUT2D eigenvalue weighted by Gasteiger charge is -2.22. The van der Waals surface area contributed by atoms with Gasteiger partial charge in [0.1, 0.15) is 0 Å². The number of aryl methyl sites for hydroxylation is 1. The summed E-state index contributed by atoms with van der Waals surface area (Å²) < 4.78 is 0. The third-order valence-corrected chi connectivity index (χ3v) is 3.40. The number of nitrogens with zero attached hydrogens (tertiary/aromatic N) is 1. The first-order valence-corrected chi connectivity index (χ1v) is 5.85. The Hall–Kier alpha value is -0.890. The normalized spacial score (nSPS) is 19.9. The van der Waals surface area contributed by atoms with Gasteiger partial charge in [0.25, 0.3) is 0 Å².